The molecular formula is C24H21N5S. The molecule has 4 heterocycles. The normalized spacial score (nSPS) is 18.4. The lowest BCUT2D eigenvalue weighted by molar-refractivity contribution is 0.549. The summed E-state index contributed by atoms with van der Waals surface area (Å²) in [5.41, 5.74) is 5.35. The monoisotopic (exact) mass is 411 g/mol. The molecule has 1 saturated heterocycles. The number of thiocarbonyl (C=S) groups is 1. The molecule has 2 atom stereocenters. The molecular weight excluding hydrogens is 390 g/mol. The number of nitrogens with zero attached hydrogens (tertiary/aromatic N) is 4. The second kappa shape index (κ2) is 7.72. The Morgan fingerprint density at radius 3 is 2.60 bits per heavy atom. The molecule has 3 aromatic heterocycles. The number of anilines is 1. The van der Waals surface area contributed by atoms with Gasteiger partial charge in [-0.25, -0.2) is 0 Å². The van der Waals surface area contributed by atoms with Gasteiger partial charge in [-0.1, -0.05) is 18.2 Å². The van der Waals surface area contributed by atoms with Crippen molar-refractivity contribution in [1.29, 1.82) is 0 Å². The van der Waals surface area contributed by atoms with Gasteiger partial charge in [0.2, 0.25) is 0 Å². The summed E-state index contributed by atoms with van der Waals surface area (Å²) in [7, 11) is 0. The van der Waals surface area contributed by atoms with Crippen LogP contribution in [0.3, 0.4) is 0 Å². The Morgan fingerprint density at radius 1 is 0.933 bits per heavy atom. The summed E-state index contributed by atoms with van der Waals surface area (Å²) < 4.78 is 2.17. The third kappa shape index (κ3) is 3.25. The summed E-state index contributed by atoms with van der Waals surface area (Å²) in [5.74, 6) is 0. The molecule has 1 N–H and O–H groups in total. The van der Waals surface area contributed by atoms with E-state index in [1.165, 1.54) is 5.56 Å². The molecule has 5 rings (SSSR count). The number of aryl methyl sites for hydroxylation is 1. The Bertz CT molecular complexity index is 1170. The molecule has 0 saturated carbocycles. The minimum absolute atomic E-state index is 0.0654. The first-order chi connectivity index (χ1) is 14.7. The molecule has 6 heteroatoms. The van der Waals surface area contributed by atoms with Gasteiger partial charge in [0.1, 0.15) is 6.04 Å². The topological polar surface area (TPSA) is 46.0 Å². The first-order valence-electron chi connectivity index (χ1n) is 9.87. The zero-order valence-electron chi connectivity index (χ0n) is 16.5. The summed E-state index contributed by atoms with van der Waals surface area (Å²) in [5, 5.41) is 4.22. The predicted molar refractivity (Wildman–Crippen MR) is 123 cm³/mol. The van der Waals surface area contributed by atoms with E-state index in [-0.39, 0.29) is 12.1 Å². The summed E-state index contributed by atoms with van der Waals surface area (Å²) in [4.78, 5) is 11.1. The summed E-state index contributed by atoms with van der Waals surface area (Å²) in [6.07, 6.45) is 7.55. The average Bonchev–Trinajstić information content (AvgIpc) is 3.39. The maximum absolute atomic E-state index is 5.82. The highest BCUT2D eigenvalue weighted by Crippen LogP contribution is 2.42. The Hall–Kier alpha value is -3.51. The van der Waals surface area contributed by atoms with Gasteiger partial charge < -0.3 is 14.8 Å². The quantitative estimate of drug-likeness (QED) is 0.491. The molecule has 30 heavy (non-hydrogen) atoms. The van der Waals surface area contributed by atoms with Crippen LogP contribution in [0.2, 0.25) is 0 Å². The van der Waals surface area contributed by atoms with Crippen molar-refractivity contribution in [1.82, 2.24) is 19.9 Å². The van der Waals surface area contributed by atoms with E-state index in [2.05, 4.69) is 80.3 Å². The predicted octanol–water partition coefficient (Wildman–Crippen LogP) is 4.75. The Morgan fingerprint density at radius 2 is 1.83 bits per heavy atom. The smallest absolute Gasteiger partial charge is 0.174 e. The highest BCUT2D eigenvalue weighted by molar-refractivity contribution is 7.80. The van der Waals surface area contributed by atoms with Crippen molar-refractivity contribution in [2.45, 2.75) is 19.0 Å². The van der Waals surface area contributed by atoms with Gasteiger partial charge in [0, 0.05) is 30.0 Å². The molecule has 4 aromatic rings. The molecule has 0 spiro atoms. The average molecular weight is 412 g/mol. The zero-order valence-corrected chi connectivity index (χ0v) is 17.3. The van der Waals surface area contributed by atoms with Gasteiger partial charge in [0.05, 0.1) is 23.6 Å². The van der Waals surface area contributed by atoms with Crippen molar-refractivity contribution in [3.05, 3.63) is 108 Å². The van der Waals surface area contributed by atoms with Gasteiger partial charge in [-0.05, 0) is 73.2 Å². The van der Waals surface area contributed by atoms with Crippen molar-refractivity contribution < 1.29 is 0 Å². The van der Waals surface area contributed by atoms with Crippen molar-refractivity contribution in [2.75, 3.05) is 4.90 Å². The number of benzene rings is 1. The molecule has 0 amide bonds. The molecule has 0 bridgehead atoms. The zero-order chi connectivity index (χ0) is 20.5. The van der Waals surface area contributed by atoms with Crippen LogP contribution in [0.15, 0.2) is 91.5 Å². The van der Waals surface area contributed by atoms with E-state index in [1.54, 1.807) is 6.20 Å². The van der Waals surface area contributed by atoms with Gasteiger partial charge in [-0.15, -0.1) is 0 Å². The van der Waals surface area contributed by atoms with E-state index in [1.807, 2.05) is 36.7 Å². The highest BCUT2D eigenvalue weighted by atomic mass is 32.1. The van der Waals surface area contributed by atoms with E-state index < -0.39 is 0 Å². The summed E-state index contributed by atoms with van der Waals surface area (Å²) in [6, 6.07) is 22.5. The van der Waals surface area contributed by atoms with Crippen molar-refractivity contribution in [3.8, 4) is 5.69 Å². The standard InChI is InChI=1S/C24H21N5S/c1-17-7-4-8-18(15-17)29-23(22(27-24(29)30)20-10-2-3-13-26-20)21-11-6-14-28(21)19-9-5-12-25-16-19/h2-16,22-23H,1H3,(H,27,30)/t22-,23+/m1/s1. The SMILES string of the molecule is Cc1cccc(N2C(=S)N[C@H](c3ccccn3)[C@@H]2c2cccn2-c2cccnc2)c1. The van der Waals surface area contributed by atoms with Crippen molar-refractivity contribution in [3.63, 3.8) is 0 Å². The molecule has 5 nitrogen and oxygen atoms in total. The minimum Gasteiger partial charge on any atom is -0.351 e. The molecule has 1 aliphatic rings. The van der Waals surface area contributed by atoms with E-state index in [9.17, 15) is 0 Å². The van der Waals surface area contributed by atoms with Crippen LogP contribution < -0.4 is 10.2 Å². The maximum Gasteiger partial charge on any atom is 0.174 e. The number of rotatable bonds is 4. The van der Waals surface area contributed by atoms with Crippen molar-refractivity contribution in [2.24, 2.45) is 0 Å². The van der Waals surface area contributed by atoms with Gasteiger partial charge in [0.15, 0.2) is 5.11 Å². The van der Waals surface area contributed by atoms with Crippen LogP contribution in [0.5, 0.6) is 0 Å². The lowest BCUT2D eigenvalue weighted by Crippen LogP contribution is -2.30. The molecule has 1 aromatic carbocycles. The third-order valence-corrected chi connectivity index (χ3v) is 5.70. The van der Waals surface area contributed by atoms with Crippen LogP contribution in [-0.2, 0) is 0 Å². The van der Waals surface area contributed by atoms with Crippen LogP contribution in [0.4, 0.5) is 5.69 Å². The van der Waals surface area contributed by atoms with Crippen molar-refractivity contribution >= 4 is 23.0 Å². The van der Waals surface area contributed by atoms with Gasteiger partial charge in [0.25, 0.3) is 0 Å². The number of aromatic nitrogens is 3. The van der Waals surface area contributed by atoms with E-state index in [0.717, 1.165) is 22.8 Å². The van der Waals surface area contributed by atoms with Crippen LogP contribution in [0, 0.1) is 6.92 Å². The Balaban J connectivity index is 1.68. The second-order valence-electron chi connectivity index (χ2n) is 7.35. The van der Waals surface area contributed by atoms with E-state index >= 15 is 0 Å². The largest absolute Gasteiger partial charge is 0.351 e. The molecule has 0 aliphatic carbocycles. The van der Waals surface area contributed by atoms with E-state index in [4.69, 9.17) is 12.2 Å². The fourth-order valence-electron chi connectivity index (χ4n) is 4.08. The fraction of sp³-hybridized carbons (Fsp3) is 0.125. The Kier molecular flexibility index (Phi) is 4.77. The lowest BCUT2D eigenvalue weighted by atomic mass is 10.0. The third-order valence-electron chi connectivity index (χ3n) is 5.39. The van der Waals surface area contributed by atoms with Crippen LogP contribution >= 0.6 is 12.2 Å². The highest BCUT2D eigenvalue weighted by Gasteiger charge is 2.42. The first kappa shape index (κ1) is 18.5. The molecule has 0 radical (unpaired) electrons. The molecule has 1 fully saturated rings. The van der Waals surface area contributed by atoms with Crippen LogP contribution in [0.1, 0.15) is 29.0 Å². The van der Waals surface area contributed by atoms with Crippen LogP contribution in [-0.4, -0.2) is 19.6 Å². The first-order valence-corrected chi connectivity index (χ1v) is 10.3. The Labute approximate surface area is 181 Å². The molecule has 148 valence electrons. The lowest BCUT2D eigenvalue weighted by Gasteiger charge is -2.29. The van der Waals surface area contributed by atoms with Gasteiger partial charge in [-0.3, -0.25) is 9.97 Å². The molecule has 0 unspecified atom stereocenters. The second-order valence-corrected chi connectivity index (χ2v) is 7.74. The van der Waals surface area contributed by atoms with Crippen LogP contribution in [0.25, 0.3) is 5.69 Å². The summed E-state index contributed by atoms with van der Waals surface area (Å²) >= 11 is 5.82. The summed E-state index contributed by atoms with van der Waals surface area (Å²) in [6.45, 7) is 2.10. The number of hydrogen-bond donors (Lipinski definition) is 1. The molecule has 1 aliphatic heterocycles. The number of hydrogen-bond acceptors (Lipinski definition) is 3. The maximum atomic E-state index is 5.82. The van der Waals surface area contributed by atoms with Gasteiger partial charge >= 0.3 is 0 Å². The fourth-order valence-corrected chi connectivity index (χ4v) is 4.42. The van der Waals surface area contributed by atoms with E-state index in [0.29, 0.717) is 5.11 Å². The number of pyridine rings is 2. The number of nitrogens with one attached hydrogen (secondary N) is 1. The van der Waals surface area contributed by atoms with Gasteiger partial charge in [-0.2, -0.15) is 0 Å². The minimum atomic E-state index is -0.0791.